The minimum absolute atomic E-state index is 0.117. The highest BCUT2D eigenvalue weighted by atomic mass is 19.1. The average Bonchev–Trinajstić information content (AvgIpc) is 2.98. The van der Waals surface area contributed by atoms with Crippen molar-refractivity contribution in [2.24, 2.45) is 0 Å². The van der Waals surface area contributed by atoms with Gasteiger partial charge in [-0.05, 0) is 57.6 Å². The molecule has 0 N–H and O–H groups in total. The fourth-order valence-corrected chi connectivity index (χ4v) is 3.84. The number of amides is 1. The van der Waals surface area contributed by atoms with Gasteiger partial charge in [0.1, 0.15) is 5.82 Å². The summed E-state index contributed by atoms with van der Waals surface area (Å²) in [4.78, 5) is 18.2. The van der Waals surface area contributed by atoms with Crippen LogP contribution in [0.2, 0.25) is 0 Å². The van der Waals surface area contributed by atoms with Crippen molar-refractivity contribution in [3.8, 4) is 0 Å². The average molecular weight is 349 g/mol. The van der Waals surface area contributed by atoms with E-state index in [4.69, 9.17) is 4.74 Å². The zero-order valence-corrected chi connectivity index (χ0v) is 15.4. The van der Waals surface area contributed by atoms with E-state index in [0.29, 0.717) is 13.2 Å². The number of halogens is 1. The monoisotopic (exact) mass is 349 g/mol. The molecule has 1 amide bonds. The quantitative estimate of drug-likeness (QED) is 0.833. The minimum Gasteiger partial charge on any atom is -0.373 e. The Bertz CT molecular complexity index is 597. The molecule has 138 valence electrons. The van der Waals surface area contributed by atoms with Crippen LogP contribution in [0.4, 0.5) is 10.1 Å². The molecule has 0 radical (unpaired) electrons. The van der Waals surface area contributed by atoms with Gasteiger partial charge in [-0.2, -0.15) is 0 Å². The van der Waals surface area contributed by atoms with E-state index in [2.05, 4.69) is 4.90 Å². The summed E-state index contributed by atoms with van der Waals surface area (Å²) in [6, 6.07) is 6.89. The van der Waals surface area contributed by atoms with Crippen molar-refractivity contribution in [3.05, 3.63) is 30.1 Å². The number of likely N-dealkylation sites (tertiary alicyclic amines) is 1. The Morgan fingerprint density at radius 1 is 1.24 bits per heavy atom. The number of likely N-dealkylation sites (N-methyl/N-ethyl adjacent to an activating group) is 2. The summed E-state index contributed by atoms with van der Waals surface area (Å²) < 4.78 is 19.3. The van der Waals surface area contributed by atoms with Gasteiger partial charge in [0.05, 0.1) is 24.8 Å². The van der Waals surface area contributed by atoms with Crippen LogP contribution in [-0.4, -0.2) is 74.7 Å². The summed E-state index contributed by atoms with van der Waals surface area (Å²) in [5, 5.41) is 0. The molecule has 25 heavy (non-hydrogen) atoms. The molecule has 2 aliphatic heterocycles. The molecule has 2 heterocycles. The first kappa shape index (κ1) is 18.1. The van der Waals surface area contributed by atoms with Crippen LogP contribution >= 0.6 is 0 Å². The maximum atomic E-state index is 13.1. The van der Waals surface area contributed by atoms with E-state index in [1.54, 1.807) is 0 Å². The Morgan fingerprint density at radius 2 is 1.88 bits per heavy atom. The third-order valence-electron chi connectivity index (χ3n) is 5.45. The fraction of sp³-hybridized carbons (Fsp3) is 0.632. The largest absolute Gasteiger partial charge is 0.373 e. The zero-order chi connectivity index (χ0) is 18.0. The second-order valence-electron chi connectivity index (χ2n) is 7.56. The Balaban J connectivity index is 1.56. The smallest absolute Gasteiger partial charge is 0.236 e. The molecule has 3 rings (SSSR count). The number of hydrogen-bond acceptors (Lipinski definition) is 4. The molecule has 2 aliphatic rings. The van der Waals surface area contributed by atoms with Crippen molar-refractivity contribution in [3.63, 3.8) is 0 Å². The maximum absolute atomic E-state index is 13.1. The van der Waals surface area contributed by atoms with Gasteiger partial charge in [-0.25, -0.2) is 4.39 Å². The fourth-order valence-electron chi connectivity index (χ4n) is 3.84. The SMILES string of the molecule is CN(C)CC(=O)N1CCC2(CC1)C[C@H](N(C)c1ccc(F)cc1)CO2. The Labute approximate surface area is 149 Å². The van der Waals surface area contributed by atoms with Crippen LogP contribution in [0.25, 0.3) is 0 Å². The molecule has 1 aromatic rings. The molecular weight excluding hydrogens is 321 g/mol. The number of benzene rings is 1. The number of piperidine rings is 1. The summed E-state index contributed by atoms with van der Waals surface area (Å²) in [5.74, 6) is -0.0242. The highest BCUT2D eigenvalue weighted by molar-refractivity contribution is 5.78. The standard InChI is InChI=1S/C19H28FN3O2/c1-21(2)13-18(24)23-10-8-19(9-11-23)12-17(14-25-19)22(3)16-6-4-15(20)5-7-16/h4-7,17H,8-14H2,1-3H3/t17-/m0/s1. The first-order chi connectivity index (χ1) is 11.9. The molecule has 0 aromatic heterocycles. The molecule has 0 bridgehead atoms. The predicted octanol–water partition coefficient (Wildman–Crippen LogP) is 1.97. The van der Waals surface area contributed by atoms with Crippen LogP contribution in [0.1, 0.15) is 19.3 Å². The van der Waals surface area contributed by atoms with Crippen LogP contribution in [0.3, 0.4) is 0 Å². The summed E-state index contributed by atoms with van der Waals surface area (Å²) in [7, 11) is 5.87. The van der Waals surface area contributed by atoms with Crippen LogP contribution in [0, 0.1) is 5.82 Å². The van der Waals surface area contributed by atoms with Gasteiger partial charge in [0.25, 0.3) is 0 Å². The van der Waals surface area contributed by atoms with E-state index in [0.717, 1.165) is 38.0 Å². The number of carbonyl (C=O) groups is 1. The number of rotatable bonds is 4. The second kappa shape index (κ2) is 7.30. The van der Waals surface area contributed by atoms with E-state index < -0.39 is 0 Å². The second-order valence-corrected chi connectivity index (χ2v) is 7.56. The molecule has 2 fully saturated rings. The first-order valence-corrected chi connectivity index (χ1v) is 8.93. The number of anilines is 1. The molecule has 5 nitrogen and oxygen atoms in total. The molecule has 0 saturated carbocycles. The Hall–Kier alpha value is -1.66. The van der Waals surface area contributed by atoms with Gasteiger partial charge in [-0.1, -0.05) is 0 Å². The molecule has 2 saturated heterocycles. The molecule has 1 spiro atoms. The topological polar surface area (TPSA) is 36.0 Å². The molecule has 1 aromatic carbocycles. The lowest BCUT2D eigenvalue weighted by Gasteiger charge is -2.39. The van der Waals surface area contributed by atoms with Crippen LogP contribution in [0.5, 0.6) is 0 Å². The molecule has 1 atom stereocenters. The Kier molecular flexibility index (Phi) is 5.29. The summed E-state index contributed by atoms with van der Waals surface area (Å²) in [6.45, 7) is 2.67. The van der Waals surface area contributed by atoms with E-state index in [9.17, 15) is 9.18 Å². The number of ether oxygens (including phenoxy) is 1. The van der Waals surface area contributed by atoms with Crippen LogP contribution in [0.15, 0.2) is 24.3 Å². The molecule has 6 heteroatoms. The van der Waals surface area contributed by atoms with E-state index >= 15 is 0 Å². The van der Waals surface area contributed by atoms with Crippen molar-refractivity contribution in [2.75, 3.05) is 52.3 Å². The van der Waals surface area contributed by atoms with E-state index in [1.165, 1.54) is 12.1 Å². The first-order valence-electron chi connectivity index (χ1n) is 8.93. The van der Waals surface area contributed by atoms with Crippen molar-refractivity contribution >= 4 is 11.6 Å². The minimum atomic E-state index is -0.217. The lowest BCUT2D eigenvalue weighted by molar-refractivity contribution is -0.136. The maximum Gasteiger partial charge on any atom is 0.236 e. The van der Waals surface area contributed by atoms with Crippen LogP contribution in [-0.2, 0) is 9.53 Å². The van der Waals surface area contributed by atoms with E-state index in [-0.39, 0.29) is 23.4 Å². The highest BCUT2D eigenvalue weighted by Crippen LogP contribution is 2.38. The molecule has 0 aliphatic carbocycles. The van der Waals surface area contributed by atoms with Gasteiger partial charge in [0, 0.05) is 25.8 Å². The molecule has 0 unspecified atom stereocenters. The Morgan fingerprint density at radius 3 is 2.48 bits per heavy atom. The van der Waals surface area contributed by atoms with Crippen molar-refractivity contribution in [2.45, 2.75) is 30.9 Å². The zero-order valence-electron chi connectivity index (χ0n) is 15.4. The lowest BCUT2D eigenvalue weighted by Crippen LogP contribution is -2.49. The van der Waals surface area contributed by atoms with Gasteiger partial charge in [-0.15, -0.1) is 0 Å². The van der Waals surface area contributed by atoms with Crippen molar-refractivity contribution < 1.29 is 13.9 Å². The highest BCUT2D eigenvalue weighted by Gasteiger charge is 2.44. The summed E-state index contributed by atoms with van der Waals surface area (Å²) >= 11 is 0. The molecular formula is C19H28FN3O2. The van der Waals surface area contributed by atoms with Gasteiger partial charge >= 0.3 is 0 Å². The third kappa shape index (κ3) is 4.12. The third-order valence-corrected chi connectivity index (χ3v) is 5.45. The lowest BCUT2D eigenvalue weighted by atomic mass is 9.87. The summed E-state index contributed by atoms with van der Waals surface area (Å²) in [6.07, 6.45) is 2.73. The van der Waals surface area contributed by atoms with Gasteiger partial charge < -0.3 is 19.4 Å². The number of hydrogen-bond donors (Lipinski definition) is 0. The van der Waals surface area contributed by atoms with Crippen molar-refractivity contribution in [1.82, 2.24) is 9.80 Å². The van der Waals surface area contributed by atoms with Crippen molar-refractivity contribution in [1.29, 1.82) is 0 Å². The van der Waals surface area contributed by atoms with Gasteiger partial charge in [-0.3, -0.25) is 4.79 Å². The van der Waals surface area contributed by atoms with E-state index in [1.807, 2.05) is 43.1 Å². The van der Waals surface area contributed by atoms with Gasteiger partial charge in [0.15, 0.2) is 0 Å². The summed E-state index contributed by atoms with van der Waals surface area (Å²) in [5.41, 5.74) is 0.888. The van der Waals surface area contributed by atoms with Gasteiger partial charge in [0.2, 0.25) is 5.91 Å². The van der Waals surface area contributed by atoms with Crippen LogP contribution < -0.4 is 4.90 Å². The predicted molar refractivity (Wildman–Crippen MR) is 96.3 cm³/mol. The normalized spacial score (nSPS) is 22.6. The number of carbonyl (C=O) groups excluding carboxylic acids is 1. The number of nitrogens with zero attached hydrogens (tertiary/aromatic N) is 3.